The van der Waals surface area contributed by atoms with E-state index in [2.05, 4.69) is 0 Å². The summed E-state index contributed by atoms with van der Waals surface area (Å²) in [6.45, 7) is 0.267. The van der Waals surface area contributed by atoms with E-state index >= 15 is 0 Å². The van der Waals surface area contributed by atoms with Crippen molar-refractivity contribution < 1.29 is 5.21 Å². The summed E-state index contributed by atoms with van der Waals surface area (Å²) in [7, 11) is 0. The Labute approximate surface area is 76.0 Å². The predicted octanol–water partition coefficient (Wildman–Crippen LogP) is 0.482. The van der Waals surface area contributed by atoms with Gasteiger partial charge in [-0.3, -0.25) is 10.3 Å². The van der Waals surface area contributed by atoms with Gasteiger partial charge in [0.15, 0.2) is 0 Å². The van der Waals surface area contributed by atoms with Gasteiger partial charge in [-0.2, -0.15) is 0 Å². The molecule has 2 rings (SSSR count). The smallest absolute Gasteiger partial charge is 0.0869 e. The highest BCUT2D eigenvalue weighted by molar-refractivity contribution is 5.79. The van der Waals surface area contributed by atoms with Gasteiger partial charge in [0.2, 0.25) is 0 Å². The normalized spacial score (nSPS) is 15.9. The molecule has 1 aliphatic heterocycles. The standard InChI is InChI=1S/C9H11N3O/c10-7-5-12(13)8-4-2-1-3-6(8)9(7)11/h1-4,13H,5,10-11H2. The molecule has 0 radical (unpaired) electrons. The van der Waals surface area contributed by atoms with Gasteiger partial charge < -0.3 is 11.5 Å². The van der Waals surface area contributed by atoms with Crippen LogP contribution in [0.5, 0.6) is 0 Å². The second-order valence-corrected chi connectivity index (χ2v) is 3.01. The zero-order chi connectivity index (χ0) is 9.42. The Hall–Kier alpha value is -1.68. The van der Waals surface area contributed by atoms with E-state index < -0.39 is 0 Å². The molecule has 0 atom stereocenters. The summed E-state index contributed by atoms with van der Waals surface area (Å²) in [6, 6.07) is 7.34. The van der Waals surface area contributed by atoms with Gasteiger partial charge >= 0.3 is 0 Å². The van der Waals surface area contributed by atoms with Crippen LogP contribution in [0.2, 0.25) is 0 Å². The number of para-hydroxylation sites is 1. The minimum absolute atomic E-state index is 0.267. The van der Waals surface area contributed by atoms with Crippen LogP contribution in [0.15, 0.2) is 30.0 Å². The second kappa shape index (κ2) is 2.67. The Morgan fingerprint density at radius 1 is 1.23 bits per heavy atom. The summed E-state index contributed by atoms with van der Waals surface area (Å²) in [6.07, 6.45) is 0. The molecule has 0 unspecified atom stereocenters. The molecule has 68 valence electrons. The number of benzene rings is 1. The molecule has 1 heterocycles. The third-order valence-electron chi connectivity index (χ3n) is 2.14. The third-order valence-corrected chi connectivity index (χ3v) is 2.14. The van der Waals surface area contributed by atoms with Gasteiger partial charge in [-0.05, 0) is 6.07 Å². The highest BCUT2D eigenvalue weighted by atomic mass is 16.5. The summed E-state index contributed by atoms with van der Waals surface area (Å²) in [5.74, 6) is 0. The molecule has 0 saturated carbocycles. The largest absolute Gasteiger partial charge is 0.399 e. The fraction of sp³-hybridized carbons (Fsp3) is 0.111. The van der Waals surface area contributed by atoms with E-state index in [9.17, 15) is 5.21 Å². The SMILES string of the molecule is NC1=C(N)c2ccccc2N(O)C1. The van der Waals surface area contributed by atoms with Crippen molar-refractivity contribution in [3.8, 4) is 0 Å². The molecule has 13 heavy (non-hydrogen) atoms. The topological polar surface area (TPSA) is 75.5 Å². The summed E-state index contributed by atoms with van der Waals surface area (Å²) in [4.78, 5) is 0. The fourth-order valence-electron chi connectivity index (χ4n) is 1.43. The lowest BCUT2D eigenvalue weighted by atomic mass is 10.0. The first kappa shape index (κ1) is 7.94. The maximum Gasteiger partial charge on any atom is 0.0869 e. The zero-order valence-electron chi connectivity index (χ0n) is 7.07. The Balaban J connectivity index is 2.62. The number of nitrogens with zero attached hydrogens (tertiary/aromatic N) is 1. The molecule has 0 fully saturated rings. The Morgan fingerprint density at radius 3 is 2.69 bits per heavy atom. The van der Waals surface area contributed by atoms with Crippen LogP contribution >= 0.6 is 0 Å². The predicted molar refractivity (Wildman–Crippen MR) is 50.9 cm³/mol. The molecule has 4 nitrogen and oxygen atoms in total. The minimum Gasteiger partial charge on any atom is -0.399 e. The van der Waals surface area contributed by atoms with Crippen LogP contribution in [0, 0.1) is 0 Å². The first-order chi connectivity index (χ1) is 6.20. The van der Waals surface area contributed by atoms with Crippen LogP contribution in [-0.2, 0) is 0 Å². The average molecular weight is 177 g/mol. The van der Waals surface area contributed by atoms with Crippen LogP contribution in [0.3, 0.4) is 0 Å². The summed E-state index contributed by atoms with van der Waals surface area (Å²) in [5, 5.41) is 10.6. The van der Waals surface area contributed by atoms with Crippen molar-refractivity contribution >= 4 is 11.4 Å². The zero-order valence-corrected chi connectivity index (χ0v) is 7.07. The number of nitrogens with two attached hydrogens (primary N) is 2. The van der Waals surface area contributed by atoms with Crippen molar-refractivity contribution in [2.75, 3.05) is 11.6 Å². The molecule has 1 aromatic carbocycles. The first-order valence-electron chi connectivity index (χ1n) is 4.00. The van der Waals surface area contributed by atoms with Crippen molar-refractivity contribution in [1.82, 2.24) is 0 Å². The van der Waals surface area contributed by atoms with Gasteiger partial charge in [-0.25, -0.2) is 0 Å². The average Bonchev–Trinajstić information content (AvgIpc) is 2.15. The highest BCUT2D eigenvalue weighted by Gasteiger charge is 2.18. The summed E-state index contributed by atoms with van der Waals surface area (Å²) in [5.41, 5.74) is 14.0. The van der Waals surface area contributed by atoms with Gasteiger partial charge in [-0.1, -0.05) is 18.2 Å². The first-order valence-corrected chi connectivity index (χ1v) is 4.00. The van der Waals surface area contributed by atoms with E-state index in [0.717, 1.165) is 10.6 Å². The lowest BCUT2D eigenvalue weighted by Crippen LogP contribution is -2.31. The number of fused-ring (bicyclic) bond motifs is 1. The molecule has 0 aliphatic carbocycles. The molecule has 1 aliphatic rings. The second-order valence-electron chi connectivity index (χ2n) is 3.01. The number of rotatable bonds is 0. The molecular weight excluding hydrogens is 166 g/mol. The van der Waals surface area contributed by atoms with Gasteiger partial charge in [-0.15, -0.1) is 0 Å². The monoisotopic (exact) mass is 177 g/mol. The molecule has 1 aromatic rings. The van der Waals surface area contributed by atoms with Crippen molar-refractivity contribution in [3.05, 3.63) is 35.5 Å². The number of hydroxylamine groups is 1. The molecule has 4 heteroatoms. The Morgan fingerprint density at radius 2 is 1.92 bits per heavy atom. The van der Waals surface area contributed by atoms with E-state index in [1.165, 1.54) is 0 Å². The van der Waals surface area contributed by atoms with Crippen LogP contribution in [-0.4, -0.2) is 11.8 Å². The van der Waals surface area contributed by atoms with Crippen molar-refractivity contribution in [2.45, 2.75) is 0 Å². The summed E-state index contributed by atoms with van der Waals surface area (Å²) < 4.78 is 0. The quantitative estimate of drug-likeness (QED) is 0.539. The van der Waals surface area contributed by atoms with E-state index in [0.29, 0.717) is 17.1 Å². The lowest BCUT2D eigenvalue weighted by molar-refractivity contribution is 0.261. The van der Waals surface area contributed by atoms with Gasteiger partial charge in [0.1, 0.15) is 0 Å². The van der Waals surface area contributed by atoms with E-state index in [1.807, 2.05) is 18.2 Å². The molecule has 0 amide bonds. The van der Waals surface area contributed by atoms with Gasteiger partial charge in [0.25, 0.3) is 0 Å². The minimum atomic E-state index is 0.267. The van der Waals surface area contributed by atoms with Gasteiger partial charge in [0.05, 0.1) is 23.6 Å². The number of anilines is 1. The molecule has 0 bridgehead atoms. The molecule has 5 N–H and O–H groups in total. The van der Waals surface area contributed by atoms with Crippen LogP contribution in [0.1, 0.15) is 5.56 Å². The third kappa shape index (κ3) is 1.11. The maximum absolute atomic E-state index is 9.51. The van der Waals surface area contributed by atoms with Crippen LogP contribution in [0.25, 0.3) is 5.70 Å². The van der Waals surface area contributed by atoms with E-state index in [1.54, 1.807) is 6.07 Å². The maximum atomic E-state index is 9.51. The molecule has 0 spiro atoms. The van der Waals surface area contributed by atoms with Crippen LogP contribution < -0.4 is 16.5 Å². The van der Waals surface area contributed by atoms with Crippen molar-refractivity contribution in [1.29, 1.82) is 0 Å². The molecular formula is C9H11N3O. The van der Waals surface area contributed by atoms with Crippen molar-refractivity contribution in [2.24, 2.45) is 11.5 Å². The lowest BCUT2D eigenvalue weighted by Gasteiger charge is -2.26. The van der Waals surface area contributed by atoms with E-state index in [-0.39, 0.29) is 6.54 Å². The van der Waals surface area contributed by atoms with E-state index in [4.69, 9.17) is 11.5 Å². The van der Waals surface area contributed by atoms with Crippen molar-refractivity contribution in [3.63, 3.8) is 0 Å². The van der Waals surface area contributed by atoms with Gasteiger partial charge in [0, 0.05) is 5.56 Å². The highest BCUT2D eigenvalue weighted by Crippen LogP contribution is 2.28. The van der Waals surface area contributed by atoms with Crippen LogP contribution in [0.4, 0.5) is 5.69 Å². The molecule has 0 aromatic heterocycles. The Kier molecular flexibility index (Phi) is 1.63. The fourth-order valence-corrected chi connectivity index (χ4v) is 1.43. The molecule has 0 saturated heterocycles. The summed E-state index contributed by atoms with van der Waals surface area (Å²) >= 11 is 0. The Bertz CT molecular complexity index is 373. The number of hydrogen-bond acceptors (Lipinski definition) is 4. The number of hydrogen-bond donors (Lipinski definition) is 3.